The van der Waals surface area contributed by atoms with Crippen LogP contribution >= 0.6 is 0 Å². The van der Waals surface area contributed by atoms with Crippen molar-refractivity contribution in [1.29, 1.82) is 0 Å². The van der Waals surface area contributed by atoms with Gasteiger partial charge in [0.1, 0.15) is 23.3 Å². The fourth-order valence-corrected chi connectivity index (χ4v) is 2.64. The maximum atomic E-state index is 12.5. The highest BCUT2D eigenvalue weighted by atomic mass is 16.5. The summed E-state index contributed by atoms with van der Waals surface area (Å²) in [6, 6.07) is 1.17. The number of carbonyl (C=O) groups is 1. The van der Waals surface area contributed by atoms with Crippen LogP contribution in [0.4, 0.5) is 0 Å². The van der Waals surface area contributed by atoms with E-state index in [1.807, 2.05) is 0 Å². The van der Waals surface area contributed by atoms with Crippen LogP contribution in [0.1, 0.15) is 36.2 Å². The molecular weight excluding hydrogens is 276 g/mol. The van der Waals surface area contributed by atoms with Gasteiger partial charge in [-0.15, -0.1) is 0 Å². The molecule has 21 heavy (non-hydrogen) atoms. The third-order valence-corrected chi connectivity index (χ3v) is 3.59. The van der Waals surface area contributed by atoms with Crippen molar-refractivity contribution in [1.82, 2.24) is 19.5 Å². The van der Waals surface area contributed by atoms with Gasteiger partial charge in [0.15, 0.2) is 0 Å². The maximum Gasteiger partial charge on any atom is 0.347 e. The second kappa shape index (κ2) is 5.19. The molecule has 0 spiro atoms. The monoisotopic (exact) mass is 292 g/mol. The lowest BCUT2D eigenvalue weighted by atomic mass is 10.1. The molecule has 0 saturated heterocycles. The Labute approximate surface area is 120 Å². The van der Waals surface area contributed by atoms with E-state index in [1.54, 1.807) is 13.0 Å². The number of hydrogen-bond donors (Lipinski definition) is 0. The summed E-state index contributed by atoms with van der Waals surface area (Å²) < 4.78 is 12.5. The Bertz CT molecular complexity index is 727. The van der Waals surface area contributed by atoms with Gasteiger partial charge in [0.25, 0.3) is 0 Å². The number of methoxy groups -OCH3 is 1. The van der Waals surface area contributed by atoms with E-state index in [0.717, 1.165) is 6.42 Å². The Kier molecular flexibility index (Phi) is 3.36. The molecule has 0 bridgehead atoms. The quantitative estimate of drug-likeness (QED) is 0.762. The van der Waals surface area contributed by atoms with Gasteiger partial charge in [0.2, 0.25) is 0 Å². The molecule has 1 atom stereocenters. The number of ether oxygens (including phenoxy) is 1. The normalized spacial score (nSPS) is 17.5. The highest BCUT2D eigenvalue weighted by molar-refractivity contribution is 5.74. The van der Waals surface area contributed by atoms with Crippen LogP contribution in [0.3, 0.4) is 0 Å². The molecule has 8 heteroatoms. The minimum absolute atomic E-state index is 0.226. The fourth-order valence-electron chi connectivity index (χ4n) is 2.64. The van der Waals surface area contributed by atoms with Crippen LogP contribution in [-0.4, -0.2) is 32.6 Å². The molecule has 2 aromatic rings. The molecule has 8 nitrogen and oxygen atoms in total. The zero-order valence-corrected chi connectivity index (χ0v) is 11.9. The van der Waals surface area contributed by atoms with E-state index in [-0.39, 0.29) is 12.2 Å². The molecule has 0 fully saturated rings. The molecule has 0 radical (unpaired) electrons. The molecule has 2 aromatic heterocycles. The van der Waals surface area contributed by atoms with Crippen molar-refractivity contribution >= 4 is 5.97 Å². The van der Waals surface area contributed by atoms with Crippen LogP contribution in [0, 0.1) is 6.92 Å². The fraction of sp³-hybridized carbons (Fsp3) is 0.538. The number of nitrogens with zero attached hydrogens (tertiary/aromatic N) is 4. The van der Waals surface area contributed by atoms with Gasteiger partial charge in [-0.3, -0.25) is 4.57 Å². The Hall–Kier alpha value is -2.38. The van der Waals surface area contributed by atoms with Crippen LogP contribution in [0.5, 0.6) is 0 Å². The summed E-state index contributed by atoms with van der Waals surface area (Å²) in [5.41, 5.74) is 0.306. The Morgan fingerprint density at radius 1 is 1.57 bits per heavy atom. The second-order valence-corrected chi connectivity index (χ2v) is 5.09. The standard InChI is InChI=1S/C13H16N4O4/c1-8-6-9(15-21-8)7-16-13(19)17-10(12(18)20-2)4-3-5-11(17)14-16/h6,10H,3-5,7H2,1-2H3/t10-/m0/s1. The lowest BCUT2D eigenvalue weighted by molar-refractivity contribution is -0.145. The van der Waals surface area contributed by atoms with E-state index in [0.29, 0.717) is 30.1 Å². The minimum Gasteiger partial charge on any atom is -0.467 e. The van der Waals surface area contributed by atoms with E-state index in [9.17, 15) is 9.59 Å². The molecule has 1 aliphatic rings. The Balaban J connectivity index is 1.96. The largest absolute Gasteiger partial charge is 0.467 e. The van der Waals surface area contributed by atoms with E-state index in [4.69, 9.17) is 9.26 Å². The predicted octanol–water partition coefficient (Wildman–Crippen LogP) is 0.440. The van der Waals surface area contributed by atoms with Crippen molar-refractivity contribution in [3.05, 3.63) is 33.8 Å². The van der Waals surface area contributed by atoms with E-state index >= 15 is 0 Å². The van der Waals surface area contributed by atoms with Gasteiger partial charge in [-0.2, -0.15) is 5.10 Å². The first-order chi connectivity index (χ1) is 10.1. The Morgan fingerprint density at radius 3 is 3.05 bits per heavy atom. The molecule has 3 rings (SSSR count). The van der Waals surface area contributed by atoms with E-state index in [1.165, 1.54) is 16.4 Å². The van der Waals surface area contributed by atoms with Crippen LogP contribution in [-0.2, 0) is 22.5 Å². The van der Waals surface area contributed by atoms with Crippen molar-refractivity contribution in [3.8, 4) is 0 Å². The van der Waals surface area contributed by atoms with Crippen molar-refractivity contribution in [3.63, 3.8) is 0 Å². The molecule has 0 aliphatic carbocycles. The molecule has 0 aromatic carbocycles. The first-order valence-corrected chi connectivity index (χ1v) is 6.78. The number of fused-ring (bicyclic) bond motifs is 1. The zero-order chi connectivity index (χ0) is 15.0. The highest BCUT2D eigenvalue weighted by Gasteiger charge is 2.31. The predicted molar refractivity (Wildman–Crippen MR) is 70.8 cm³/mol. The molecule has 0 N–H and O–H groups in total. The van der Waals surface area contributed by atoms with E-state index < -0.39 is 12.0 Å². The number of carbonyl (C=O) groups excluding carboxylic acids is 1. The number of esters is 1. The molecule has 3 heterocycles. The average Bonchev–Trinajstić information content (AvgIpc) is 3.03. The average molecular weight is 292 g/mol. The molecule has 1 aliphatic heterocycles. The summed E-state index contributed by atoms with van der Waals surface area (Å²) in [7, 11) is 1.32. The highest BCUT2D eigenvalue weighted by Crippen LogP contribution is 2.22. The molecule has 0 unspecified atom stereocenters. The summed E-state index contributed by atoms with van der Waals surface area (Å²) in [4.78, 5) is 24.3. The third kappa shape index (κ3) is 2.37. The van der Waals surface area contributed by atoms with Gasteiger partial charge in [-0.05, 0) is 19.8 Å². The topological polar surface area (TPSA) is 92.2 Å². The smallest absolute Gasteiger partial charge is 0.347 e. The SMILES string of the molecule is COC(=O)[C@@H]1CCCc2nn(Cc3cc(C)on3)c(=O)n21. The third-order valence-electron chi connectivity index (χ3n) is 3.59. The van der Waals surface area contributed by atoms with Gasteiger partial charge in [-0.25, -0.2) is 14.3 Å². The summed E-state index contributed by atoms with van der Waals surface area (Å²) in [6.07, 6.45) is 2.07. The molecule has 0 saturated carbocycles. The first kappa shape index (κ1) is 13.6. The van der Waals surface area contributed by atoms with Crippen LogP contribution in [0.2, 0.25) is 0 Å². The molecular formula is C13H16N4O4. The van der Waals surface area contributed by atoms with Gasteiger partial charge in [0.05, 0.1) is 13.7 Å². The summed E-state index contributed by atoms with van der Waals surface area (Å²) in [6.45, 7) is 2.01. The summed E-state index contributed by atoms with van der Waals surface area (Å²) in [5.74, 6) is 0.881. The number of aromatic nitrogens is 4. The lowest BCUT2D eigenvalue weighted by Gasteiger charge is -2.20. The number of rotatable bonds is 3. The summed E-state index contributed by atoms with van der Waals surface area (Å²) in [5, 5.41) is 8.15. The van der Waals surface area contributed by atoms with Gasteiger partial charge < -0.3 is 9.26 Å². The van der Waals surface area contributed by atoms with E-state index in [2.05, 4.69) is 10.3 Å². The molecule has 112 valence electrons. The minimum atomic E-state index is -0.584. The zero-order valence-electron chi connectivity index (χ0n) is 11.9. The second-order valence-electron chi connectivity index (χ2n) is 5.09. The number of hydrogen-bond acceptors (Lipinski definition) is 6. The lowest BCUT2D eigenvalue weighted by Crippen LogP contribution is -2.35. The van der Waals surface area contributed by atoms with Crippen molar-refractivity contribution in [2.45, 2.75) is 38.8 Å². The van der Waals surface area contributed by atoms with Crippen molar-refractivity contribution in [2.24, 2.45) is 0 Å². The summed E-state index contributed by atoms with van der Waals surface area (Å²) >= 11 is 0. The molecule has 0 amide bonds. The van der Waals surface area contributed by atoms with Gasteiger partial charge in [0, 0.05) is 12.5 Å². The maximum absolute atomic E-state index is 12.5. The van der Waals surface area contributed by atoms with Crippen molar-refractivity contribution < 1.29 is 14.1 Å². The van der Waals surface area contributed by atoms with Crippen LogP contribution in [0.15, 0.2) is 15.4 Å². The van der Waals surface area contributed by atoms with Crippen LogP contribution in [0.25, 0.3) is 0 Å². The van der Waals surface area contributed by atoms with Gasteiger partial charge in [-0.1, -0.05) is 5.16 Å². The Morgan fingerprint density at radius 2 is 2.38 bits per heavy atom. The van der Waals surface area contributed by atoms with Gasteiger partial charge >= 0.3 is 11.7 Å². The first-order valence-electron chi connectivity index (χ1n) is 6.78. The van der Waals surface area contributed by atoms with Crippen molar-refractivity contribution in [2.75, 3.05) is 7.11 Å². The number of aryl methyl sites for hydroxylation is 2. The van der Waals surface area contributed by atoms with Crippen LogP contribution < -0.4 is 5.69 Å².